The molecule has 2 rings (SSSR count). The largest absolute Gasteiger partial charge is 0.497 e. The first-order chi connectivity index (χ1) is 9.48. The van der Waals surface area contributed by atoms with Crippen molar-refractivity contribution in [3.05, 3.63) is 29.8 Å². The molecule has 20 heavy (non-hydrogen) atoms. The molecule has 1 saturated heterocycles. The smallest absolute Gasteiger partial charge is 0.216 e. The Hall–Kier alpha value is -1.11. The second-order valence-electron chi connectivity index (χ2n) is 5.30. The molecule has 1 heterocycles. The molecule has 2 unspecified atom stereocenters. The minimum absolute atomic E-state index is 0.0114. The molecule has 2 N–H and O–H groups in total. The van der Waals surface area contributed by atoms with Gasteiger partial charge in [-0.2, -0.15) is 0 Å². The molecule has 1 aromatic rings. The molecule has 0 aliphatic carbocycles. The maximum atomic E-state index is 12.2. The molecular weight excluding hydrogens is 276 g/mol. The fourth-order valence-electron chi connectivity index (χ4n) is 2.52. The monoisotopic (exact) mass is 298 g/mol. The van der Waals surface area contributed by atoms with Crippen LogP contribution in [0, 0.1) is 0 Å². The second kappa shape index (κ2) is 6.56. The van der Waals surface area contributed by atoms with Gasteiger partial charge in [-0.3, -0.25) is 0 Å². The molecule has 0 radical (unpaired) electrons. The number of nitrogens with one attached hydrogen (secondary N) is 2. The van der Waals surface area contributed by atoms with Crippen LogP contribution in [0.15, 0.2) is 24.3 Å². The average Bonchev–Trinajstić information content (AvgIpc) is 2.37. The van der Waals surface area contributed by atoms with Crippen LogP contribution in [0.1, 0.15) is 25.3 Å². The van der Waals surface area contributed by atoms with Gasteiger partial charge in [-0.25, -0.2) is 13.1 Å². The quantitative estimate of drug-likeness (QED) is 0.858. The van der Waals surface area contributed by atoms with Gasteiger partial charge in [0.2, 0.25) is 10.0 Å². The van der Waals surface area contributed by atoms with Crippen LogP contribution in [-0.4, -0.2) is 34.2 Å². The van der Waals surface area contributed by atoms with E-state index in [1.54, 1.807) is 31.4 Å². The summed E-state index contributed by atoms with van der Waals surface area (Å²) in [5.74, 6) is 0.663. The van der Waals surface area contributed by atoms with Crippen molar-refractivity contribution in [1.82, 2.24) is 10.0 Å². The van der Waals surface area contributed by atoms with E-state index in [1.165, 1.54) is 0 Å². The predicted octanol–water partition coefficient (Wildman–Crippen LogP) is 1.26. The van der Waals surface area contributed by atoms with Gasteiger partial charge in [-0.1, -0.05) is 12.1 Å². The van der Waals surface area contributed by atoms with E-state index in [9.17, 15) is 8.42 Å². The Kier molecular flexibility index (Phi) is 5.01. The van der Waals surface area contributed by atoms with Crippen LogP contribution in [0.4, 0.5) is 0 Å². The van der Waals surface area contributed by atoms with Gasteiger partial charge in [0.15, 0.2) is 0 Å². The first-order valence-electron chi connectivity index (χ1n) is 6.85. The Morgan fingerprint density at radius 1 is 1.45 bits per heavy atom. The van der Waals surface area contributed by atoms with Crippen LogP contribution in [0.25, 0.3) is 0 Å². The standard InChI is InChI=1S/C14H22N2O3S/c1-11-8-13(6-7-15-11)16-20(17,18)10-12-4-3-5-14(9-12)19-2/h3-5,9,11,13,15-16H,6-8,10H2,1-2H3. The van der Waals surface area contributed by atoms with E-state index >= 15 is 0 Å². The highest BCUT2D eigenvalue weighted by Crippen LogP contribution is 2.16. The zero-order chi connectivity index (χ0) is 14.6. The Balaban J connectivity index is 1.99. The van der Waals surface area contributed by atoms with Crippen LogP contribution >= 0.6 is 0 Å². The third-order valence-electron chi connectivity index (χ3n) is 3.46. The Morgan fingerprint density at radius 2 is 2.25 bits per heavy atom. The van der Waals surface area contributed by atoms with Crippen LogP contribution in [0.2, 0.25) is 0 Å². The number of hydrogen-bond donors (Lipinski definition) is 2. The van der Waals surface area contributed by atoms with Crippen molar-refractivity contribution in [3.8, 4) is 5.75 Å². The molecule has 0 bridgehead atoms. The lowest BCUT2D eigenvalue weighted by Crippen LogP contribution is -2.46. The molecule has 1 aliphatic heterocycles. The van der Waals surface area contributed by atoms with E-state index in [-0.39, 0.29) is 11.8 Å². The van der Waals surface area contributed by atoms with E-state index in [0.29, 0.717) is 11.8 Å². The molecule has 5 nitrogen and oxygen atoms in total. The zero-order valence-electron chi connectivity index (χ0n) is 11.9. The fraction of sp³-hybridized carbons (Fsp3) is 0.571. The summed E-state index contributed by atoms with van der Waals surface area (Å²) in [5, 5.41) is 3.31. The predicted molar refractivity (Wildman–Crippen MR) is 79.2 cm³/mol. The van der Waals surface area contributed by atoms with E-state index in [2.05, 4.69) is 17.0 Å². The molecule has 2 atom stereocenters. The highest BCUT2D eigenvalue weighted by Gasteiger charge is 2.23. The number of ether oxygens (including phenoxy) is 1. The van der Waals surface area contributed by atoms with Crippen molar-refractivity contribution in [2.24, 2.45) is 0 Å². The van der Waals surface area contributed by atoms with Gasteiger partial charge in [-0.15, -0.1) is 0 Å². The first-order valence-corrected chi connectivity index (χ1v) is 8.50. The summed E-state index contributed by atoms with van der Waals surface area (Å²) in [6.45, 7) is 2.93. The molecule has 112 valence electrons. The number of hydrogen-bond acceptors (Lipinski definition) is 4. The Labute approximate surface area is 120 Å². The van der Waals surface area contributed by atoms with E-state index in [0.717, 1.165) is 24.9 Å². The van der Waals surface area contributed by atoms with Gasteiger partial charge in [0.25, 0.3) is 0 Å². The molecule has 6 heteroatoms. The molecule has 0 saturated carbocycles. The van der Waals surface area contributed by atoms with Crippen molar-refractivity contribution in [2.45, 2.75) is 37.6 Å². The normalized spacial score (nSPS) is 23.5. The van der Waals surface area contributed by atoms with Crippen molar-refractivity contribution in [1.29, 1.82) is 0 Å². The van der Waals surface area contributed by atoms with Gasteiger partial charge in [0.05, 0.1) is 12.9 Å². The van der Waals surface area contributed by atoms with Crippen LogP contribution < -0.4 is 14.8 Å². The molecule has 0 spiro atoms. The summed E-state index contributed by atoms with van der Waals surface area (Å²) in [7, 11) is -1.74. The molecule has 0 aromatic heterocycles. The average molecular weight is 298 g/mol. The maximum Gasteiger partial charge on any atom is 0.216 e. The minimum Gasteiger partial charge on any atom is -0.497 e. The SMILES string of the molecule is COc1cccc(CS(=O)(=O)NC2CCNC(C)C2)c1. The van der Waals surface area contributed by atoms with E-state index in [1.807, 2.05) is 0 Å². The third kappa shape index (κ3) is 4.47. The van der Waals surface area contributed by atoms with Gasteiger partial charge < -0.3 is 10.1 Å². The van der Waals surface area contributed by atoms with Crippen LogP contribution in [-0.2, 0) is 15.8 Å². The van der Waals surface area contributed by atoms with Crippen LogP contribution in [0.3, 0.4) is 0 Å². The Morgan fingerprint density at radius 3 is 2.95 bits per heavy atom. The van der Waals surface area contributed by atoms with Crippen molar-refractivity contribution in [2.75, 3.05) is 13.7 Å². The summed E-state index contributed by atoms with van der Waals surface area (Å²) in [6.07, 6.45) is 1.67. The summed E-state index contributed by atoms with van der Waals surface area (Å²) in [6, 6.07) is 7.54. The fourth-order valence-corrected chi connectivity index (χ4v) is 3.94. The number of methoxy groups -OCH3 is 1. The number of benzene rings is 1. The van der Waals surface area contributed by atoms with Gasteiger partial charge in [0, 0.05) is 12.1 Å². The van der Waals surface area contributed by atoms with Crippen molar-refractivity contribution >= 4 is 10.0 Å². The molecule has 1 fully saturated rings. The zero-order valence-corrected chi connectivity index (χ0v) is 12.7. The summed E-state index contributed by atoms with van der Waals surface area (Å²) < 4.78 is 32.3. The maximum absolute atomic E-state index is 12.2. The molecular formula is C14H22N2O3S. The second-order valence-corrected chi connectivity index (χ2v) is 7.06. The summed E-state index contributed by atoms with van der Waals surface area (Å²) >= 11 is 0. The summed E-state index contributed by atoms with van der Waals surface area (Å²) in [5.41, 5.74) is 0.735. The van der Waals surface area contributed by atoms with Gasteiger partial charge in [-0.05, 0) is 44.0 Å². The lowest BCUT2D eigenvalue weighted by Gasteiger charge is -2.28. The highest BCUT2D eigenvalue weighted by atomic mass is 32.2. The lowest BCUT2D eigenvalue weighted by molar-refractivity contribution is 0.361. The van der Waals surface area contributed by atoms with E-state index in [4.69, 9.17) is 4.74 Å². The van der Waals surface area contributed by atoms with Crippen molar-refractivity contribution in [3.63, 3.8) is 0 Å². The first kappa shape index (κ1) is 15.3. The van der Waals surface area contributed by atoms with Crippen molar-refractivity contribution < 1.29 is 13.2 Å². The number of sulfonamides is 1. The number of rotatable bonds is 5. The van der Waals surface area contributed by atoms with E-state index < -0.39 is 10.0 Å². The minimum atomic E-state index is -3.32. The topological polar surface area (TPSA) is 67.4 Å². The Bertz CT molecular complexity index is 545. The molecule has 1 aliphatic rings. The molecule has 1 aromatic carbocycles. The van der Waals surface area contributed by atoms with Gasteiger partial charge in [0.1, 0.15) is 5.75 Å². The third-order valence-corrected chi connectivity index (χ3v) is 4.87. The number of piperidine rings is 1. The highest BCUT2D eigenvalue weighted by molar-refractivity contribution is 7.88. The van der Waals surface area contributed by atoms with Gasteiger partial charge >= 0.3 is 0 Å². The van der Waals surface area contributed by atoms with Crippen LogP contribution in [0.5, 0.6) is 5.75 Å². The summed E-state index contributed by atoms with van der Waals surface area (Å²) in [4.78, 5) is 0. The lowest BCUT2D eigenvalue weighted by atomic mass is 10.0. The molecule has 0 amide bonds.